The molecule has 1 rings (SSSR count). The van der Waals surface area contributed by atoms with Gasteiger partial charge in [-0.3, -0.25) is 14.4 Å². The smallest absolute Gasteiger partial charge is 0.405 e. The average molecular weight is 332 g/mol. The molecule has 2 amide bonds. The molecule has 0 aliphatic heterocycles. The van der Waals surface area contributed by atoms with Crippen LogP contribution in [0.2, 0.25) is 0 Å². The molecule has 0 bridgehead atoms. The Morgan fingerprint density at radius 2 is 1.87 bits per heavy atom. The highest BCUT2D eigenvalue weighted by atomic mass is 19.4. The van der Waals surface area contributed by atoms with Crippen molar-refractivity contribution in [2.75, 3.05) is 11.9 Å². The number of carboxylic acid groups (broad SMARTS) is 1. The summed E-state index contributed by atoms with van der Waals surface area (Å²) in [6.07, 6.45) is -4.53. The van der Waals surface area contributed by atoms with Crippen LogP contribution < -0.4 is 10.6 Å². The minimum Gasteiger partial charge on any atom is -0.481 e. The molecule has 9 heteroatoms. The Bertz CT molecular complexity index is 629. The van der Waals surface area contributed by atoms with Crippen LogP contribution in [0.5, 0.6) is 0 Å². The van der Waals surface area contributed by atoms with Gasteiger partial charge in [0.2, 0.25) is 5.91 Å². The molecule has 126 valence electrons. The first-order chi connectivity index (χ1) is 10.5. The maximum atomic E-state index is 12.1. The Kier molecular flexibility index (Phi) is 5.72. The zero-order valence-corrected chi connectivity index (χ0v) is 12.3. The highest BCUT2D eigenvalue weighted by Gasteiger charge is 2.28. The van der Waals surface area contributed by atoms with Gasteiger partial charge in [0, 0.05) is 11.3 Å². The molecule has 0 aliphatic carbocycles. The fourth-order valence-corrected chi connectivity index (χ4v) is 1.53. The van der Waals surface area contributed by atoms with Crippen molar-refractivity contribution in [2.45, 2.75) is 20.0 Å². The molecule has 0 spiro atoms. The van der Waals surface area contributed by atoms with Crippen LogP contribution in [-0.4, -0.2) is 35.6 Å². The third-order valence-corrected chi connectivity index (χ3v) is 2.97. The first kappa shape index (κ1) is 18.5. The summed E-state index contributed by atoms with van der Waals surface area (Å²) in [5.41, 5.74) is 0.601. The van der Waals surface area contributed by atoms with Crippen LogP contribution in [0.15, 0.2) is 18.2 Å². The molecule has 1 aromatic carbocycles. The van der Waals surface area contributed by atoms with Gasteiger partial charge in [-0.15, -0.1) is 0 Å². The van der Waals surface area contributed by atoms with Crippen LogP contribution in [0.25, 0.3) is 0 Å². The number of carbonyl (C=O) groups excluding carboxylic acids is 2. The number of amides is 2. The average Bonchev–Trinajstić information content (AvgIpc) is 2.45. The zero-order chi connectivity index (χ0) is 17.8. The number of benzene rings is 1. The van der Waals surface area contributed by atoms with Crippen molar-refractivity contribution < 1.29 is 32.7 Å². The summed E-state index contributed by atoms with van der Waals surface area (Å²) in [6.45, 7) is 1.31. The maximum Gasteiger partial charge on any atom is 0.405 e. The van der Waals surface area contributed by atoms with Crippen LogP contribution >= 0.6 is 0 Å². The van der Waals surface area contributed by atoms with E-state index in [9.17, 15) is 27.6 Å². The van der Waals surface area contributed by atoms with Crippen molar-refractivity contribution in [1.82, 2.24) is 5.32 Å². The van der Waals surface area contributed by atoms with Gasteiger partial charge in [-0.25, -0.2) is 0 Å². The van der Waals surface area contributed by atoms with Crippen molar-refractivity contribution in [3.05, 3.63) is 29.3 Å². The molecule has 3 N–H and O–H groups in total. The largest absolute Gasteiger partial charge is 0.481 e. The fraction of sp³-hybridized carbons (Fsp3) is 0.357. The molecule has 0 saturated carbocycles. The molecule has 0 heterocycles. The van der Waals surface area contributed by atoms with E-state index < -0.39 is 36.4 Å². The van der Waals surface area contributed by atoms with Gasteiger partial charge in [-0.1, -0.05) is 6.07 Å². The van der Waals surface area contributed by atoms with E-state index in [2.05, 4.69) is 5.32 Å². The predicted molar refractivity (Wildman–Crippen MR) is 75.0 cm³/mol. The van der Waals surface area contributed by atoms with Gasteiger partial charge in [-0.2, -0.15) is 13.2 Å². The number of rotatable bonds is 5. The molecule has 0 unspecified atom stereocenters. The van der Waals surface area contributed by atoms with Crippen LogP contribution in [0.4, 0.5) is 18.9 Å². The second kappa shape index (κ2) is 7.12. The van der Waals surface area contributed by atoms with E-state index >= 15 is 0 Å². The van der Waals surface area contributed by atoms with Gasteiger partial charge in [0.1, 0.15) is 12.5 Å². The van der Waals surface area contributed by atoms with E-state index in [4.69, 9.17) is 5.11 Å². The topological polar surface area (TPSA) is 95.5 Å². The minimum atomic E-state index is -4.53. The Balaban J connectivity index is 2.89. The van der Waals surface area contributed by atoms with Gasteiger partial charge in [-0.05, 0) is 31.5 Å². The Morgan fingerprint density at radius 3 is 2.39 bits per heavy atom. The normalized spacial score (nSPS) is 12.4. The molecular formula is C14H15F3N2O4. The number of hydrogen-bond acceptors (Lipinski definition) is 3. The van der Waals surface area contributed by atoms with Gasteiger partial charge in [0.05, 0.1) is 0 Å². The van der Waals surface area contributed by atoms with E-state index in [0.717, 1.165) is 0 Å². The van der Waals surface area contributed by atoms with Crippen LogP contribution in [-0.2, 0) is 9.59 Å². The lowest BCUT2D eigenvalue weighted by molar-refractivity contribution is -0.144. The predicted octanol–water partition coefficient (Wildman–Crippen LogP) is 1.95. The number of carboxylic acids is 1. The summed E-state index contributed by atoms with van der Waals surface area (Å²) in [5.74, 6) is -4.38. The maximum absolute atomic E-state index is 12.1. The molecule has 23 heavy (non-hydrogen) atoms. The lowest BCUT2D eigenvalue weighted by atomic mass is 10.1. The van der Waals surface area contributed by atoms with Crippen LogP contribution in [0, 0.1) is 12.8 Å². The summed E-state index contributed by atoms with van der Waals surface area (Å²) in [6, 6.07) is 3.92. The van der Waals surface area contributed by atoms with Gasteiger partial charge in [0.25, 0.3) is 5.91 Å². The van der Waals surface area contributed by atoms with Crippen LogP contribution in [0.1, 0.15) is 22.8 Å². The van der Waals surface area contributed by atoms with E-state index in [1.807, 2.05) is 0 Å². The quantitative estimate of drug-likeness (QED) is 0.718. The number of carbonyl (C=O) groups is 3. The summed E-state index contributed by atoms with van der Waals surface area (Å²) in [7, 11) is 0. The molecule has 0 aromatic heterocycles. The number of nitrogens with one attached hydrogen (secondary N) is 2. The molecular weight excluding hydrogens is 317 g/mol. The lowest BCUT2D eigenvalue weighted by Gasteiger charge is -2.13. The van der Waals surface area contributed by atoms with Crippen LogP contribution in [0.3, 0.4) is 0 Å². The second-order valence-electron chi connectivity index (χ2n) is 4.88. The molecule has 0 radical (unpaired) electrons. The monoisotopic (exact) mass is 332 g/mol. The number of alkyl halides is 3. The molecule has 0 saturated heterocycles. The Hall–Kier alpha value is -2.58. The molecule has 0 aliphatic rings. The standard InChI is InChI=1S/C14H15F3N2O4/c1-7-3-4-9(12(21)18-6-14(15,16)17)5-10(7)19-11(20)8(2)13(22)23/h3-5,8H,6H2,1-2H3,(H,18,21)(H,19,20)(H,22,23)/t8-/m0/s1. The lowest BCUT2D eigenvalue weighted by Crippen LogP contribution is -2.33. The van der Waals surface area contributed by atoms with E-state index in [1.165, 1.54) is 25.1 Å². The minimum absolute atomic E-state index is 0.0851. The van der Waals surface area contributed by atoms with Gasteiger partial charge in [0.15, 0.2) is 0 Å². The summed E-state index contributed by atoms with van der Waals surface area (Å²) in [4.78, 5) is 34.1. The summed E-state index contributed by atoms with van der Waals surface area (Å²) >= 11 is 0. The highest BCUT2D eigenvalue weighted by Crippen LogP contribution is 2.19. The van der Waals surface area contributed by atoms with Gasteiger partial charge < -0.3 is 15.7 Å². The molecule has 6 nitrogen and oxygen atoms in total. The fourth-order valence-electron chi connectivity index (χ4n) is 1.53. The Labute approximate surface area is 129 Å². The van der Waals surface area contributed by atoms with E-state index in [-0.39, 0.29) is 11.3 Å². The van der Waals surface area contributed by atoms with Crippen molar-refractivity contribution in [2.24, 2.45) is 5.92 Å². The molecule has 0 fully saturated rings. The molecule has 1 atom stereocenters. The van der Waals surface area contributed by atoms with Crippen molar-refractivity contribution in [1.29, 1.82) is 0 Å². The Morgan fingerprint density at radius 1 is 1.26 bits per heavy atom. The molecule has 1 aromatic rings. The third kappa shape index (κ3) is 5.61. The number of aryl methyl sites for hydroxylation is 1. The zero-order valence-electron chi connectivity index (χ0n) is 12.3. The summed E-state index contributed by atoms with van der Waals surface area (Å²) in [5, 5.41) is 12.8. The number of aliphatic carboxylic acids is 1. The van der Waals surface area contributed by atoms with Crippen molar-refractivity contribution in [3.8, 4) is 0 Å². The SMILES string of the molecule is Cc1ccc(C(=O)NCC(F)(F)F)cc1NC(=O)[C@H](C)C(=O)O. The first-order valence-corrected chi connectivity index (χ1v) is 6.50. The van der Waals surface area contributed by atoms with E-state index in [1.54, 1.807) is 12.2 Å². The van der Waals surface area contributed by atoms with Gasteiger partial charge >= 0.3 is 12.1 Å². The first-order valence-electron chi connectivity index (χ1n) is 6.50. The number of hydrogen-bond donors (Lipinski definition) is 3. The highest BCUT2D eigenvalue weighted by molar-refractivity contribution is 6.05. The third-order valence-electron chi connectivity index (χ3n) is 2.97. The number of anilines is 1. The number of halogens is 3. The van der Waals surface area contributed by atoms with E-state index in [0.29, 0.717) is 5.56 Å². The summed E-state index contributed by atoms with van der Waals surface area (Å²) < 4.78 is 36.3. The van der Waals surface area contributed by atoms with Crippen molar-refractivity contribution in [3.63, 3.8) is 0 Å². The van der Waals surface area contributed by atoms with Crippen molar-refractivity contribution >= 4 is 23.5 Å². The second-order valence-corrected chi connectivity index (χ2v) is 4.88.